The SMILES string of the molecule is CN(C)c1cc(CN(CCSS(=O)c2ccccc2[N+](=O)[O-])S(=O)c2ccccc2[N+](=O)[O-])nc(CN(CCSS(=O)c2ccccc2[N+](=O)[O-])S(=O)c2ccccc2[N+](=O)[O-])c1. The van der Waals surface area contributed by atoms with Gasteiger partial charge in [-0.05, 0) is 36.4 Å². The van der Waals surface area contributed by atoms with Gasteiger partial charge in [0.1, 0.15) is 61.2 Å². The number of para-hydroxylation sites is 4. The summed E-state index contributed by atoms with van der Waals surface area (Å²) in [5, 5.41) is 47.2. The molecular formula is C37H36N8O12S6. The summed E-state index contributed by atoms with van der Waals surface area (Å²) >= 11 is 0. The number of nitro benzene ring substituents is 4. The van der Waals surface area contributed by atoms with Crippen molar-refractivity contribution in [2.45, 2.75) is 32.7 Å². The van der Waals surface area contributed by atoms with Gasteiger partial charge in [0.2, 0.25) is 0 Å². The van der Waals surface area contributed by atoms with Crippen molar-refractivity contribution in [3.63, 3.8) is 0 Å². The third kappa shape index (κ3) is 12.9. The first-order valence-electron chi connectivity index (χ1n) is 18.1. The van der Waals surface area contributed by atoms with Crippen LogP contribution in [0.15, 0.2) is 129 Å². The van der Waals surface area contributed by atoms with E-state index in [9.17, 15) is 57.3 Å². The average molecular weight is 977 g/mol. The lowest BCUT2D eigenvalue weighted by Crippen LogP contribution is -2.31. The Kier molecular flexibility index (Phi) is 17.6. The van der Waals surface area contributed by atoms with Crippen LogP contribution in [0.25, 0.3) is 0 Å². The lowest BCUT2D eigenvalue weighted by atomic mass is 10.2. The molecule has 332 valence electrons. The fraction of sp³-hybridized carbons (Fsp3) is 0.216. The number of pyridine rings is 1. The van der Waals surface area contributed by atoms with Gasteiger partial charge in [0.15, 0.2) is 0 Å². The third-order valence-electron chi connectivity index (χ3n) is 8.62. The summed E-state index contributed by atoms with van der Waals surface area (Å²) in [5.74, 6) is -0.00188. The van der Waals surface area contributed by atoms with Crippen molar-refractivity contribution in [1.82, 2.24) is 13.6 Å². The molecule has 0 aliphatic heterocycles. The number of hydrogen-bond acceptors (Lipinski definition) is 16. The van der Waals surface area contributed by atoms with E-state index in [4.69, 9.17) is 4.98 Å². The lowest BCUT2D eigenvalue weighted by Gasteiger charge is -2.24. The number of nitrogens with zero attached hydrogens (tertiary/aromatic N) is 8. The maximum absolute atomic E-state index is 14.3. The van der Waals surface area contributed by atoms with Crippen molar-refractivity contribution < 1.29 is 36.5 Å². The van der Waals surface area contributed by atoms with E-state index < -0.39 is 72.7 Å². The Hall–Kier alpha value is -5.35. The second kappa shape index (κ2) is 22.8. The van der Waals surface area contributed by atoms with E-state index in [0.717, 1.165) is 21.6 Å². The zero-order valence-corrected chi connectivity index (χ0v) is 38.0. The summed E-state index contributed by atoms with van der Waals surface area (Å²) in [6.07, 6.45) is 0. The summed E-state index contributed by atoms with van der Waals surface area (Å²) in [5.41, 5.74) is -0.369. The number of nitro groups is 4. The molecule has 0 bridgehead atoms. The van der Waals surface area contributed by atoms with E-state index in [1.165, 1.54) is 106 Å². The number of benzene rings is 4. The smallest absolute Gasteiger partial charge is 0.286 e. The van der Waals surface area contributed by atoms with Crippen LogP contribution in [0.5, 0.6) is 0 Å². The van der Waals surface area contributed by atoms with Gasteiger partial charge >= 0.3 is 0 Å². The van der Waals surface area contributed by atoms with Gasteiger partial charge in [0.25, 0.3) is 22.7 Å². The monoisotopic (exact) mass is 976 g/mol. The van der Waals surface area contributed by atoms with Gasteiger partial charge in [-0.15, -0.1) is 0 Å². The molecule has 0 amide bonds. The molecule has 1 aromatic heterocycles. The highest BCUT2D eigenvalue weighted by Gasteiger charge is 2.28. The number of anilines is 1. The molecule has 1 heterocycles. The molecule has 4 atom stereocenters. The number of rotatable bonds is 23. The van der Waals surface area contributed by atoms with E-state index in [2.05, 4.69) is 0 Å². The van der Waals surface area contributed by atoms with Crippen LogP contribution >= 0.6 is 21.6 Å². The zero-order chi connectivity index (χ0) is 45.8. The average Bonchev–Trinajstić information content (AvgIpc) is 3.27. The molecule has 5 rings (SSSR count). The van der Waals surface area contributed by atoms with Gasteiger partial charge in [-0.25, -0.2) is 25.4 Å². The van der Waals surface area contributed by atoms with Crippen molar-refractivity contribution in [2.75, 3.05) is 43.6 Å². The Bertz CT molecular complexity index is 2450. The molecule has 0 radical (unpaired) electrons. The van der Waals surface area contributed by atoms with E-state index >= 15 is 0 Å². The van der Waals surface area contributed by atoms with Crippen LogP contribution in [0.3, 0.4) is 0 Å². The Morgan fingerprint density at radius 2 is 0.810 bits per heavy atom. The predicted molar refractivity (Wildman–Crippen MR) is 242 cm³/mol. The highest BCUT2D eigenvalue weighted by Crippen LogP contribution is 2.32. The summed E-state index contributed by atoms with van der Waals surface area (Å²) in [7, 11) is -3.11. The largest absolute Gasteiger partial charge is 0.378 e. The van der Waals surface area contributed by atoms with Gasteiger partial charge in [0.05, 0.1) is 44.2 Å². The fourth-order valence-corrected chi connectivity index (χ4v) is 13.6. The molecule has 0 N–H and O–H groups in total. The molecule has 4 unspecified atom stereocenters. The predicted octanol–water partition coefficient (Wildman–Crippen LogP) is 6.74. The molecule has 5 aromatic rings. The van der Waals surface area contributed by atoms with E-state index in [1.54, 1.807) is 31.1 Å². The summed E-state index contributed by atoms with van der Waals surface area (Å²) < 4.78 is 57.8. The van der Waals surface area contributed by atoms with Crippen molar-refractivity contribution in [1.29, 1.82) is 0 Å². The van der Waals surface area contributed by atoms with Crippen molar-refractivity contribution in [3.8, 4) is 0 Å². The summed E-state index contributed by atoms with van der Waals surface area (Å²) in [4.78, 5) is 50.7. The fourth-order valence-electron chi connectivity index (χ4n) is 5.70. The normalized spacial score (nSPS) is 13.3. The molecule has 0 fully saturated rings. The minimum Gasteiger partial charge on any atom is -0.378 e. The van der Waals surface area contributed by atoms with Crippen LogP contribution in [-0.4, -0.2) is 88.8 Å². The third-order valence-corrected chi connectivity index (χ3v) is 17.5. The van der Waals surface area contributed by atoms with Gasteiger partial charge in [-0.3, -0.25) is 45.4 Å². The molecule has 0 saturated carbocycles. The first-order chi connectivity index (χ1) is 30.1. The van der Waals surface area contributed by atoms with Crippen molar-refractivity contribution in [3.05, 3.63) is 161 Å². The molecule has 26 heteroatoms. The van der Waals surface area contributed by atoms with Crippen molar-refractivity contribution in [2.24, 2.45) is 0 Å². The van der Waals surface area contributed by atoms with Gasteiger partial charge in [-0.1, -0.05) is 70.1 Å². The van der Waals surface area contributed by atoms with Crippen LogP contribution < -0.4 is 4.90 Å². The molecule has 0 aliphatic rings. The van der Waals surface area contributed by atoms with Crippen LogP contribution in [0.4, 0.5) is 28.4 Å². The van der Waals surface area contributed by atoms with Gasteiger partial charge in [-0.2, -0.15) is 0 Å². The minimum absolute atomic E-state index is 0.000941. The standard InChI is InChI=1S/C37H36N8O12S6/c1-39(2)29-23-27(25-40(60(54)34-15-7-3-11-30(34)42(46)47)19-21-58-62(56)36-17-9-5-13-32(36)44(50)51)38-28(24-29)26-41(61(55)35-16-8-4-12-31(35)43(48)49)20-22-59-63(57)37-18-10-6-14-33(37)45(52)53/h3-18,23-24H,19-22,25-26H2,1-2H3. The second-order valence-electron chi connectivity index (χ2n) is 12.9. The highest BCUT2D eigenvalue weighted by atomic mass is 33.1. The maximum Gasteiger partial charge on any atom is 0.286 e. The van der Waals surface area contributed by atoms with E-state index in [1.807, 2.05) is 0 Å². The molecule has 63 heavy (non-hydrogen) atoms. The second-order valence-corrected chi connectivity index (χ2v) is 22.2. The molecule has 20 nitrogen and oxygen atoms in total. The Morgan fingerprint density at radius 3 is 1.13 bits per heavy atom. The highest BCUT2D eigenvalue weighted by molar-refractivity contribution is 8.69. The molecular weight excluding hydrogens is 941 g/mol. The Morgan fingerprint density at radius 1 is 0.508 bits per heavy atom. The Balaban J connectivity index is 1.48. The van der Waals surface area contributed by atoms with E-state index in [-0.39, 0.29) is 80.0 Å². The first kappa shape index (κ1) is 48.7. The number of hydrogen-bond donors (Lipinski definition) is 0. The van der Waals surface area contributed by atoms with Crippen LogP contribution in [-0.2, 0) is 54.7 Å². The Labute approximate surface area is 377 Å². The first-order valence-corrected chi connectivity index (χ1v) is 25.6. The maximum atomic E-state index is 14.3. The summed E-state index contributed by atoms with van der Waals surface area (Å²) in [6, 6.07) is 25.3. The topological polar surface area (TPSA) is 263 Å². The zero-order valence-electron chi connectivity index (χ0n) is 33.1. The quantitative estimate of drug-likeness (QED) is 0.0372. The van der Waals surface area contributed by atoms with Crippen LogP contribution in [0.1, 0.15) is 11.4 Å². The van der Waals surface area contributed by atoms with Gasteiger partial charge in [0, 0.05) is 68.6 Å². The van der Waals surface area contributed by atoms with Crippen LogP contribution in [0, 0.1) is 40.5 Å². The van der Waals surface area contributed by atoms with E-state index in [0.29, 0.717) is 5.69 Å². The lowest BCUT2D eigenvalue weighted by molar-refractivity contribution is -0.388. The summed E-state index contributed by atoms with van der Waals surface area (Å²) in [6.45, 7) is -0.602. The van der Waals surface area contributed by atoms with Crippen LogP contribution in [0.2, 0.25) is 0 Å². The molecule has 4 aromatic carbocycles. The minimum atomic E-state index is -2.21. The number of aromatic nitrogens is 1. The molecule has 0 saturated heterocycles. The van der Waals surface area contributed by atoms with Gasteiger partial charge < -0.3 is 4.90 Å². The molecule has 0 spiro atoms. The molecule has 0 aliphatic carbocycles. The van der Waals surface area contributed by atoms with Crippen molar-refractivity contribution >= 4 is 91.7 Å².